The average molecular weight is 539 g/mol. The molecule has 1 atom stereocenters. The molecule has 1 aromatic heterocycles. The van der Waals surface area contributed by atoms with Gasteiger partial charge in [-0.2, -0.15) is 0 Å². The number of hydrogen-bond acceptors (Lipinski definition) is 8. The van der Waals surface area contributed by atoms with Crippen molar-refractivity contribution in [2.75, 3.05) is 5.32 Å². The molecule has 0 saturated heterocycles. The summed E-state index contributed by atoms with van der Waals surface area (Å²) in [5.41, 5.74) is 0.580. The summed E-state index contributed by atoms with van der Waals surface area (Å²) >= 11 is 3.17. The Morgan fingerprint density at radius 1 is 1.22 bits per heavy atom. The number of nitro groups is 1. The quantitative estimate of drug-likeness (QED) is 0.240. The largest absolute Gasteiger partial charge is 0.593 e. The van der Waals surface area contributed by atoms with Gasteiger partial charge in [-0.05, 0) is 61.0 Å². The fourth-order valence-corrected chi connectivity index (χ4v) is 5.20. The van der Waals surface area contributed by atoms with E-state index in [4.69, 9.17) is 4.74 Å². The number of nitrogens with zero attached hydrogens (tertiary/aromatic N) is 2. The highest BCUT2D eigenvalue weighted by Crippen LogP contribution is 2.35. The van der Waals surface area contributed by atoms with Crippen molar-refractivity contribution in [3.05, 3.63) is 62.7 Å². The van der Waals surface area contributed by atoms with Crippen LogP contribution in [0.2, 0.25) is 0 Å². The summed E-state index contributed by atoms with van der Waals surface area (Å²) in [6.45, 7) is 5.70. The first-order chi connectivity index (χ1) is 15.0. The number of aromatic nitrogens is 1. The van der Waals surface area contributed by atoms with Crippen molar-refractivity contribution >= 4 is 56.1 Å². The summed E-state index contributed by atoms with van der Waals surface area (Å²) in [5, 5.41) is 13.3. The number of rotatable bonds is 6. The summed E-state index contributed by atoms with van der Waals surface area (Å²) < 4.78 is 22.0. The molecule has 168 valence electrons. The van der Waals surface area contributed by atoms with Crippen LogP contribution in [0, 0.1) is 10.1 Å². The van der Waals surface area contributed by atoms with Crippen molar-refractivity contribution in [3.8, 4) is 16.2 Å². The van der Waals surface area contributed by atoms with E-state index in [2.05, 4.69) is 31.0 Å². The molecule has 1 amide bonds. The molecule has 0 aliphatic rings. The van der Waals surface area contributed by atoms with Gasteiger partial charge in [-0.15, -0.1) is 16.1 Å². The number of nitrogens with one attached hydrogen (secondary N) is 2. The Morgan fingerprint density at radius 2 is 1.91 bits per heavy atom. The molecule has 2 aromatic carbocycles. The van der Waals surface area contributed by atoms with Gasteiger partial charge in [0.1, 0.15) is 5.75 Å². The van der Waals surface area contributed by atoms with Crippen molar-refractivity contribution in [1.82, 2.24) is 9.71 Å². The molecule has 32 heavy (non-hydrogen) atoms. The van der Waals surface area contributed by atoms with Gasteiger partial charge in [0, 0.05) is 30.1 Å². The van der Waals surface area contributed by atoms with E-state index in [-0.39, 0.29) is 11.4 Å². The Kier molecular flexibility index (Phi) is 7.51. The Morgan fingerprint density at radius 3 is 2.47 bits per heavy atom. The number of carbonyl (C=O) groups excluding carboxylic acids is 1. The van der Waals surface area contributed by atoms with Crippen LogP contribution in [0.3, 0.4) is 0 Å². The molecule has 0 spiro atoms. The Labute approximate surface area is 199 Å². The minimum atomic E-state index is -1.57. The van der Waals surface area contributed by atoms with E-state index in [1.807, 2.05) is 20.8 Å². The molecular weight excluding hydrogens is 520 g/mol. The SMILES string of the molecule is CC(C)(C)N[S+]([O-])c1cc(NC(=O)Oc2ccc([N+](=O)[O-])cc2)ccc1-c1cnc(Br)s1. The van der Waals surface area contributed by atoms with Gasteiger partial charge < -0.3 is 9.29 Å². The van der Waals surface area contributed by atoms with Crippen LogP contribution in [0.1, 0.15) is 20.8 Å². The smallest absolute Gasteiger partial charge is 0.417 e. The normalized spacial score (nSPS) is 12.3. The molecule has 0 saturated carbocycles. The number of carbonyl (C=O) groups is 1. The van der Waals surface area contributed by atoms with Crippen LogP contribution >= 0.6 is 27.3 Å². The molecule has 0 aliphatic heterocycles. The van der Waals surface area contributed by atoms with Crippen LogP contribution in [-0.2, 0) is 11.4 Å². The molecule has 0 fully saturated rings. The number of nitro benzene ring substituents is 1. The summed E-state index contributed by atoms with van der Waals surface area (Å²) in [4.78, 5) is 28.0. The van der Waals surface area contributed by atoms with Gasteiger partial charge in [-0.3, -0.25) is 15.4 Å². The number of amides is 1. The average Bonchev–Trinajstić information content (AvgIpc) is 3.13. The van der Waals surface area contributed by atoms with Gasteiger partial charge in [0.2, 0.25) is 0 Å². The van der Waals surface area contributed by atoms with Gasteiger partial charge in [0.05, 0.1) is 32.3 Å². The van der Waals surface area contributed by atoms with Gasteiger partial charge in [-0.25, -0.2) is 9.78 Å². The molecule has 2 N–H and O–H groups in total. The molecule has 0 radical (unpaired) electrons. The van der Waals surface area contributed by atoms with E-state index in [0.29, 0.717) is 14.5 Å². The van der Waals surface area contributed by atoms with Gasteiger partial charge >= 0.3 is 6.09 Å². The first-order valence-electron chi connectivity index (χ1n) is 9.20. The number of benzene rings is 2. The number of anilines is 1. The number of ether oxygens (including phenoxy) is 1. The van der Waals surface area contributed by atoms with Crippen molar-refractivity contribution < 1.29 is 19.0 Å². The van der Waals surface area contributed by atoms with Crippen LogP contribution in [-0.4, -0.2) is 26.1 Å². The monoisotopic (exact) mass is 538 g/mol. The first-order valence-corrected chi connectivity index (χ1v) is 12.0. The van der Waals surface area contributed by atoms with E-state index in [0.717, 1.165) is 10.4 Å². The lowest BCUT2D eigenvalue weighted by atomic mass is 10.1. The summed E-state index contributed by atoms with van der Waals surface area (Å²) in [7, 11) is 0. The van der Waals surface area contributed by atoms with E-state index in [9.17, 15) is 19.5 Å². The Bertz CT molecular complexity index is 1130. The van der Waals surface area contributed by atoms with Crippen LogP contribution in [0.15, 0.2) is 57.5 Å². The van der Waals surface area contributed by atoms with Crippen LogP contribution < -0.4 is 14.8 Å². The highest BCUT2D eigenvalue weighted by atomic mass is 79.9. The lowest BCUT2D eigenvalue weighted by Crippen LogP contribution is -2.40. The second-order valence-electron chi connectivity index (χ2n) is 7.57. The zero-order valence-electron chi connectivity index (χ0n) is 17.2. The zero-order chi connectivity index (χ0) is 23.5. The maximum atomic E-state index is 13.1. The molecule has 1 unspecified atom stereocenters. The lowest BCUT2D eigenvalue weighted by Gasteiger charge is -2.23. The van der Waals surface area contributed by atoms with Crippen molar-refractivity contribution in [3.63, 3.8) is 0 Å². The van der Waals surface area contributed by atoms with Gasteiger partial charge in [0.25, 0.3) is 5.69 Å². The van der Waals surface area contributed by atoms with E-state index in [1.54, 1.807) is 24.4 Å². The van der Waals surface area contributed by atoms with Crippen LogP contribution in [0.5, 0.6) is 5.75 Å². The van der Waals surface area contributed by atoms with E-state index in [1.165, 1.54) is 35.6 Å². The fourth-order valence-electron chi connectivity index (χ4n) is 2.55. The van der Waals surface area contributed by atoms with Crippen LogP contribution in [0.25, 0.3) is 10.4 Å². The fraction of sp³-hybridized carbons (Fsp3) is 0.200. The lowest BCUT2D eigenvalue weighted by molar-refractivity contribution is -0.384. The molecular formula is C20H19BrN4O5S2. The maximum absolute atomic E-state index is 13.1. The van der Waals surface area contributed by atoms with Crippen molar-refractivity contribution in [2.45, 2.75) is 31.2 Å². The third-order valence-corrected chi connectivity index (χ3v) is 6.87. The highest BCUT2D eigenvalue weighted by molar-refractivity contribution is 9.11. The Hall–Kier alpha value is -2.51. The third-order valence-electron chi connectivity index (χ3n) is 3.83. The second kappa shape index (κ2) is 9.96. The first kappa shape index (κ1) is 24.1. The van der Waals surface area contributed by atoms with Crippen LogP contribution in [0.4, 0.5) is 16.2 Å². The third kappa shape index (κ3) is 6.50. The predicted molar refractivity (Wildman–Crippen MR) is 127 cm³/mol. The number of non-ortho nitro benzene ring substituents is 1. The minimum absolute atomic E-state index is 0.110. The molecule has 0 bridgehead atoms. The van der Waals surface area contributed by atoms with Gasteiger partial charge in [-0.1, -0.05) is 0 Å². The number of hydrogen-bond donors (Lipinski definition) is 2. The van der Waals surface area contributed by atoms with Crippen molar-refractivity contribution in [2.24, 2.45) is 0 Å². The topological polar surface area (TPSA) is 129 Å². The molecule has 0 aliphatic carbocycles. The Balaban J connectivity index is 1.82. The number of thiazole rings is 1. The van der Waals surface area contributed by atoms with E-state index < -0.39 is 27.9 Å². The standard InChI is InChI=1S/C20H19BrN4O5S2/c1-20(2,3)24-32(29)17-10-12(4-9-15(17)16-11-22-18(21)31-16)23-19(26)30-14-7-5-13(6-8-14)25(27)28/h4-11,24H,1-3H3,(H,23,26). The molecule has 3 aromatic rings. The summed E-state index contributed by atoms with van der Waals surface area (Å²) in [6, 6.07) is 10.2. The maximum Gasteiger partial charge on any atom is 0.417 e. The molecule has 1 heterocycles. The molecule has 12 heteroatoms. The van der Waals surface area contributed by atoms with E-state index >= 15 is 0 Å². The number of halogens is 1. The molecule has 9 nitrogen and oxygen atoms in total. The zero-order valence-corrected chi connectivity index (χ0v) is 20.5. The second-order valence-corrected chi connectivity index (χ2v) is 11.1. The molecule has 3 rings (SSSR count). The van der Waals surface area contributed by atoms with Gasteiger partial charge in [0.15, 0.2) is 8.81 Å². The summed E-state index contributed by atoms with van der Waals surface area (Å²) in [6.07, 6.45) is 0.894. The predicted octanol–water partition coefficient (Wildman–Crippen LogP) is 5.50. The minimum Gasteiger partial charge on any atom is -0.593 e. The van der Waals surface area contributed by atoms with Crippen molar-refractivity contribution in [1.29, 1.82) is 0 Å². The summed E-state index contributed by atoms with van der Waals surface area (Å²) in [5.74, 6) is 0.150. The highest BCUT2D eigenvalue weighted by Gasteiger charge is 2.26.